The Morgan fingerprint density at radius 1 is 1.30 bits per heavy atom. The zero-order valence-corrected chi connectivity index (χ0v) is 13.1. The molecule has 0 aliphatic rings. The van der Waals surface area contributed by atoms with Crippen molar-refractivity contribution in [3.05, 3.63) is 35.9 Å². The van der Waals surface area contributed by atoms with Crippen LogP contribution >= 0.6 is 12.4 Å². The lowest BCUT2D eigenvalue weighted by Gasteiger charge is -2.17. The van der Waals surface area contributed by atoms with Crippen LogP contribution in [0.5, 0.6) is 0 Å². The van der Waals surface area contributed by atoms with E-state index < -0.39 is 0 Å². The van der Waals surface area contributed by atoms with E-state index in [1.807, 2.05) is 44.4 Å². The summed E-state index contributed by atoms with van der Waals surface area (Å²) in [5, 5.41) is 3.04. The van der Waals surface area contributed by atoms with Gasteiger partial charge in [0.15, 0.2) is 0 Å². The third-order valence-corrected chi connectivity index (χ3v) is 2.93. The monoisotopic (exact) mass is 300 g/mol. The highest BCUT2D eigenvalue weighted by Crippen LogP contribution is 2.01. The first-order valence-electron chi connectivity index (χ1n) is 6.74. The third-order valence-electron chi connectivity index (χ3n) is 2.93. The van der Waals surface area contributed by atoms with Gasteiger partial charge in [0.2, 0.25) is 5.91 Å². The van der Waals surface area contributed by atoms with Crippen LogP contribution < -0.4 is 5.32 Å². The smallest absolute Gasteiger partial charge is 0.222 e. The summed E-state index contributed by atoms with van der Waals surface area (Å²) in [7, 11) is 3.72. The number of halogens is 1. The molecule has 0 aliphatic heterocycles. The molecule has 0 saturated carbocycles. The minimum atomic E-state index is 0. The first-order chi connectivity index (χ1) is 9.24. The molecule has 0 heterocycles. The van der Waals surface area contributed by atoms with Gasteiger partial charge in [0.1, 0.15) is 0 Å². The SMILES string of the molecule is CNCCCC(=O)N(C)CCOCc1ccccc1.Cl. The summed E-state index contributed by atoms with van der Waals surface area (Å²) in [5.41, 5.74) is 1.16. The average molecular weight is 301 g/mol. The Labute approximate surface area is 127 Å². The number of carbonyl (C=O) groups excluding carboxylic acids is 1. The molecule has 20 heavy (non-hydrogen) atoms. The molecule has 0 radical (unpaired) electrons. The summed E-state index contributed by atoms with van der Waals surface area (Å²) in [6.07, 6.45) is 1.47. The van der Waals surface area contributed by atoms with Crippen LogP contribution in [0, 0.1) is 0 Å². The number of amides is 1. The lowest BCUT2D eigenvalue weighted by Crippen LogP contribution is -2.30. The van der Waals surface area contributed by atoms with Crippen LogP contribution in [0.15, 0.2) is 30.3 Å². The number of likely N-dealkylation sites (N-methyl/N-ethyl adjacent to an activating group) is 1. The van der Waals surface area contributed by atoms with Gasteiger partial charge in [0.25, 0.3) is 0 Å². The summed E-state index contributed by atoms with van der Waals surface area (Å²) in [5.74, 6) is 0.179. The number of ether oxygens (including phenoxy) is 1. The minimum absolute atomic E-state index is 0. The first kappa shape index (κ1) is 18.9. The number of hydrogen-bond donors (Lipinski definition) is 1. The van der Waals surface area contributed by atoms with Crippen LogP contribution in [0.4, 0.5) is 0 Å². The van der Waals surface area contributed by atoms with E-state index in [0.29, 0.717) is 26.2 Å². The van der Waals surface area contributed by atoms with Gasteiger partial charge < -0.3 is 15.0 Å². The Bertz CT molecular complexity index is 360. The van der Waals surface area contributed by atoms with Gasteiger partial charge >= 0.3 is 0 Å². The van der Waals surface area contributed by atoms with Crippen LogP contribution in [-0.4, -0.2) is 44.6 Å². The molecule has 5 heteroatoms. The predicted molar refractivity (Wildman–Crippen MR) is 84.1 cm³/mol. The molecule has 1 aromatic rings. The van der Waals surface area contributed by atoms with E-state index in [9.17, 15) is 4.79 Å². The maximum atomic E-state index is 11.7. The predicted octanol–water partition coefficient (Wildman–Crippen LogP) is 2.08. The van der Waals surface area contributed by atoms with E-state index in [-0.39, 0.29) is 18.3 Å². The molecule has 0 unspecified atom stereocenters. The van der Waals surface area contributed by atoms with E-state index in [2.05, 4.69) is 5.32 Å². The summed E-state index contributed by atoms with van der Waals surface area (Å²) < 4.78 is 5.56. The number of nitrogens with one attached hydrogen (secondary N) is 1. The maximum Gasteiger partial charge on any atom is 0.222 e. The number of nitrogens with zero attached hydrogens (tertiary/aromatic N) is 1. The normalized spacial score (nSPS) is 9.90. The minimum Gasteiger partial charge on any atom is -0.375 e. The molecular formula is C15H25ClN2O2. The first-order valence-corrected chi connectivity index (χ1v) is 6.74. The van der Waals surface area contributed by atoms with Gasteiger partial charge in [-0.1, -0.05) is 30.3 Å². The second-order valence-electron chi connectivity index (χ2n) is 4.56. The fourth-order valence-corrected chi connectivity index (χ4v) is 1.70. The quantitative estimate of drug-likeness (QED) is 0.710. The lowest BCUT2D eigenvalue weighted by atomic mass is 10.2. The Kier molecular flexibility index (Phi) is 11.1. The molecular weight excluding hydrogens is 276 g/mol. The Morgan fingerprint density at radius 2 is 2.00 bits per heavy atom. The number of benzene rings is 1. The van der Waals surface area contributed by atoms with E-state index in [4.69, 9.17) is 4.74 Å². The molecule has 4 nitrogen and oxygen atoms in total. The van der Waals surface area contributed by atoms with E-state index in [0.717, 1.165) is 18.5 Å². The Hall–Kier alpha value is -1.10. The summed E-state index contributed by atoms with van der Waals surface area (Å²) in [4.78, 5) is 13.5. The maximum absolute atomic E-state index is 11.7. The van der Waals surface area contributed by atoms with Gasteiger partial charge in [-0.05, 0) is 25.6 Å². The van der Waals surface area contributed by atoms with Crippen LogP contribution in [0.1, 0.15) is 18.4 Å². The molecule has 0 spiro atoms. The van der Waals surface area contributed by atoms with Gasteiger partial charge in [-0.25, -0.2) is 0 Å². The molecule has 0 aromatic heterocycles. The molecule has 0 fully saturated rings. The van der Waals surface area contributed by atoms with Crippen LogP contribution in [-0.2, 0) is 16.1 Å². The zero-order chi connectivity index (χ0) is 13.9. The topological polar surface area (TPSA) is 41.6 Å². The second-order valence-corrected chi connectivity index (χ2v) is 4.56. The van der Waals surface area contributed by atoms with E-state index in [1.54, 1.807) is 4.90 Å². The van der Waals surface area contributed by atoms with Gasteiger partial charge in [-0.15, -0.1) is 12.4 Å². The molecule has 1 aromatic carbocycles. The van der Waals surface area contributed by atoms with Crippen molar-refractivity contribution in [3.8, 4) is 0 Å². The number of hydrogen-bond acceptors (Lipinski definition) is 3. The van der Waals surface area contributed by atoms with Crippen molar-refractivity contribution in [2.75, 3.05) is 33.8 Å². The van der Waals surface area contributed by atoms with Gasteiger partial charge in [-0.2, -0.15) is 0 Å². The molecule has 114 valence electrons. The fraction of sp³-hybridized carbons (Fsp3) is 0.533. The van der Waals surface area contributed by atoms with Crippen LogP contribution in [0.3, 0.4) is 0 Å². The third kappa shape index (κ3) is 8.15. The number of carbonyl (C=O) groups is 1. The highest BCUT2D eigenvalue weighted by atomic mass is 35.5. The van der Waals surface area contributed by atoms with Crippen molar-refractivity contribution in [1.29, 1.82) is 0 Å². The van der Waals surface area contributed by atoms with Crippen molar-refractivity contribution in [1.82, 2.24) is 10.2 Å². The summed E-state index contributed by atoms with van der Waals surface area (Å²) >= 11 is 0. The molecule has 1 N–H and O–H groups in total. The number of rotatable bonds is 9. The van der Waals surface area contributed by atoms with E-state index >= 15 is 0 Å². The summed E-state index contributed by atoms with van der Waals surface area (Å²) in [6, 6.07) is 10.0. The zero-order valence-electron chi connectivity index (χ0n) is 12.3. The molecule has 0 atom stereocenters. The Morgan fingerprint density at radius 3 is 2.65 bits per heavy atom. The molecule has 0 bridgehead atoms. The van der Waals surface area contributed by atoms with Crippen molar-refractivity contribution in [3.63, 3.8) is 0 Å². The Balaban J connectivity index is 0.00000361. The van der Waals surface area contributed by atoms with Crippen molar-refractivity contribution >= 4 is 18.3 Å². The fourth-order valence-electron chi connectivity index (χ4n) is 1.70. The lowest BCUT2D eigenvalue weighted by molar-refractivity contribution is -0.130. The average Bonchev–Trinajstić information content (AvgIpc) is 2.44. The van der Waals surface area contributed by atoms with Gasteiger partial charge in [-0.3, -0.25) is 4.79 Å². The highest BCUT2D eigenvalue weighted by Gasteiger charge is 2.07. The van der Waals surface area contributed by atoms with Gasteiger partial charge in [0, 0.05) is 20.0 Å². The highest BCUT2D eigenvalue weighted by molar-refractivity contribution is 5.85. The molecule has 1 amide bonds. The van der Waals surface area contributed by atoms with Crippen molar-refractivity contribution in [2.24, 2.45) is 0 Å². The molecule has 0 aliphatic carbocycles. The van der Waals surface area contributed by atoms with E-state index in [1.165, 1.54) is 0 Å². The largest absolute Gasteiger partial charge is 0.375 e. The van der Waals surface area contributed by atoms with Crippen LogP contribution in [0.25, 0.3) is 0 Å². The van der Waals surface area contributed by atoms with Gasteiger partial charge in [0.05, 0.1) is 13.2 Å². The molecule has 1 rings (SSSR count). The van der Waals surface area contributed by atoms with Crippen molar-refractivity contribution in [2.45, 2.75) is 19.4 Å². The standard InChI is InChI=1S/C15H24N2O2.ClH/c1-16-10-6-9-15(18)17(2)11-12-19-13-14-7-4-3-5-8-14;/h3-5,7-8,16H,6,9-13H2,1-2H3;1H. The molecule has 0 saturated heterocycles. The van der Waals surface area contributed by atoms with Crippen molar-refractivity contribution < 1.29 is 9.53 Å². The second kappa shape index (κ2) is 11.7. The summed E-state index contributed by atoms with van der Waals surface area (Å²) in [6.45, 7) is 2.70. The van der Waals surface area contributed by atoms with Crippen LogP contribution in [0.2, 0.25) is 0 Å².